The highest BCUT2D eigenvalue weighted by Gasteiger charge is 2.24. The average Bonchev–Trinajstić information content (AvgIpc) is 2.32. The summed E-state index contributed by atoms with van der Waals surface area (Å²) in [7, 11) is 0. The van der Waals surface area contributed by atoms with Crippen LogP contribution in [-0.2, 0) is 4.79 Å². The van der Waals surface area contributed by atoms with Crippen LogP contribution >= 0.6 is 11.6 Å². The summed E-state index contributed by atoms with van der Waals surface area (Å²) in [5, 5.41) is 0.603. The van der Waals surface area contributed by atoms with Gasteiger partial charge in [0, 0.05) is 11.6 Å². The largest absolute Gasteiger partial charge is 0.482 e. The minimum Gasteiger partial charge on any atom is -0.482 e. The zero-order chi connectivity index (χ0) is 12.3. The lowest BCUT2D eigenvalue weighted by molar-refractivity contribution is -0.121. The number of hydrogen-bond acceptors (Lipinski definition) is 3. The van der Waals surface area contributed by atoms with Gasteiger partial charge in [-0.25, -0.2) is 0 Å². The van der Waals surface area contributed by atoms with Crippen LogP contribution in [0.4, 0.5) is 5.69 Å². The van der Waals surface area contributed by atoms with Crippen molar-refractivity contribution in [3.8, 4) is 5.75 Å². The van der Waals surface area contributed by atoms with Crippen molar-refractivity contribution < 1.29 is 9.53 Å². The van der Waals surface area contributed by atoms with Gasteiger partial charge in [-0.05, 0) is 37.6 Å². The summed E-state index contributed by atoms with van der Waals surface area (Å²) in [6.45, 7) is 1.39. The highest BCUT2D eigenvalue weighted by Crippen LogP contribution is 2.34. The molecule has 0 unspecified atom stereocenters. The summed E-state index contributed by atoms with van der Waals surface area (Å²) in [6.07, 6.45) is 1.79. The summed E-state index contributed by atoms with van der Waals surface area (Å²) in [4.78, 5) is 13.5. The van der Waals surface area contributed by atoms with Crippen LogP contribution in [0, 0.1) is 0 Å². The predicted octanol–water partition coefficient (Wildman–Crippen LogP) is 1.80. The maximum absolute atomic E-state index is 11.8. The van der Waals surface area contributed by atoms with Gasteiger partial charge in [0.05, 0.1) is 5.69 Å². The second-order valence-corrected chi connectivity index (χ2v) is 4.38. The normalized spacial score (nSPS) is 14.5. The van der Waals surface area contributed by atoms with Crippen LogP contribution in [0.5, 0.6) is 5.75 Å². The van der Waals surface area contributed by atoms with Gasteiger partial charge in [-0.15, -0.1) is 0 Å². The van der Waals surface area contributed by atoms with Crippen molar-refractivity contribution in [1.29, 1.82) is 0 Å². The van der Waals surface area contributed by atoms with Crippen LogP contribution in [-0.4, -0.2) is 25.6 Å². The standard InChI is InChI=1S/C12H15ClN2O2/c13-9-3-4-11-10(7-9)15(6-2-1-5-14)12(16)8-17-11/h3-4,7H,1-2,5-6,8,14H2. The van der Waals surface area contributed by atoms with Gasteiger partial charge in [-0.3, -0.25) is 4.79 Å². The molecule has 0 aliphatic carbocycles. The number of amides is 1. The van der Waals surface area contributed by atoms with E-state index in [0.717, 1.165) is 18.5 Å². The fourth-order valence-corrected chi connectivity index (χ4v) is 2.00. The number of unbranched alkanes of at least 4 members (excludes halogenated alkanes) is 1. The minimum absolute atomic E-state index is 0.0308. The maximum atomic E-state index is 11.8. The molecule has 0 radical (unpaired) electrons. The Labute approximate surface area is 105 Å². The van der Waals surface area contributed by atoms with Crippen LogP contribution in [0.25, 0.3) is 0 Å². The molecule has 0 saturated heterocycles. The molecule has 0 aromatic heterocycles. The smallest absolute Gasteiger partial charge is 0.265 e. The molecule has 0 atom stereocenters. The lowest BCUT2D eigenvalue weighted by Gasteiger charge is -2.29. The van der Waals surface area contributed by atoms with E-state index in [1.165, 1.54) is 0 Å². The van der Waals surface area contributed by atoms with E-state index in [9.17, 15) is 4.79 Å². The SMILES string of the molecule is NCCCCN1C(=O)COc2ccc(Cl)cc21. The molecule has 1 aromatic carbocycles. The van der Waals surface area contributed by atoms with E-state index in [4.69, 9.17) is 22.1 Å². The molecule has 2 N–H and O–H groups in total. The Morgan fingerprint density at radius 1 is 1.41 bits per heavy atom. The third-order valence-electron chi connectivity index (χ3n) is 2.70. The molecule has 1 aromatic rings. The molecular formula is C12H15ClN2O2. The molecule has 1 aliphatic rings. The number of halogens is 1. The van der Waals surface area contributed by atoms with Gasteiger partial charge in [-0.1, -0.05) is 11.6 Å². The number of benzene rings is 1. The molecule has 5 heteroatoms. The Kier molecular flexibility index (Phi) is 3.86. The Bertz CT molecular complexity index is 423. The van der Waals surface area contributed by atoms with Gasteiger partial charge >= 0.3 is 0 Å². The van der Waals surface area contributed by atoms with Crippen molar-refractivity contribution >= 4 is 23.2 Å². The predicted molar refractivity (Wildman–Crippen MR) is 67.6 cm³/mol. The van der Waals surface area contributed by atoms with E-state index in [2.05, 4.69) is 0 Å². The first-order chi connectivity index (χ1) is 8.22. The van der Waals surface area contributed by atoms with Crippen molar-refractivity contribution in [3.05, 3.63) is 23.2 Å². The number of anilines is 1. The third kappa shape index (κ3) is 2.70. The highest BCUT2D eigenvalue weighted by molar-refractivity contribution is 6.31. The molecule has 17 heavy (non-hydrogen) atoms. The number of nitrogens with two attached hydrogens (primary N) is 1. The van der Waals surface area contributed by atoms with Crippen molar-refractivity contribution in [2.75, 3.05) is 24.6 Å². The molecule has 1 heterocycles. The Hall–Kier alpha value is -1.26. The molecule has 0 saturated carbocycles. The molecule has 1 amide bonds. The second kappa shape index (κ2) is 5.38. The monoisotopic (exact) mass is 254 g/mol. The molecular weight excluding hydrogens is 240 g/mol. The van der Waals surface area contributed by atoms with Crippen LogP contribution in [0.3, 0.4) is 0 Å². The summed E-state index contributed by atoms with van der Waals surface area (Å²) >= 11 is 5.94. The first-order valence-corrected chi connectivity index (χ1v) is 6.03. The number of fused-ring (bicyclic) bond motifs is 1. The molecule has 4 nitrogen and oxygen atoms in total. The van der Waals surface area contributed by atoms with Gasteiger partial charge in [-0.2, -0.15) is 0 Å². The number of rotatable bonds is 4. The maximum Gasteiger partial charge on any atom is 0.265 e. The zero-order valence-electron chi connectivity index (χ0n) is 9.49. The minimum atomic E-state index is -0.0308. The van der Waals surface area contributed by atoms with Gasteiger partial charge in [0.1, 0.15) is 5.75 Å². The second-order valence-electron chi connectivity index (χ2n) is 3.94. The topological polar surface area (TPSA) is 55.6 Å². The first-order valence-electron chi connectivity index (χ1n) is 5.65. The summed E-state index contributed by atoms with van der Waals surface area (Å²) in [6, 6.07) is 5.31. The van der Waals surface area contributed by atoms with E-state index >= 15 is 0 Å². The van der Waals surface area contributed by atoms with Crippen LogP contribution in [0.1, 0.15) is 12.8 Å². The summed E-state index contributed by atoms with van der Waals surface area (Å²) in [5.41, 5.74) is 6.20. The fraction of sp³-hybridized carbons (Fsp3) is 0.417. The van der Waals surface area contributed by atoms with Crippen LogP contribution < -0.4 is 15.4 Å². The van der Waals surface area contributed by atoms with E-state index in [-0.39, 0.29) is 12.5 Å². The molecule has 0 fully saturated rings. The molecule has 1 aliphatic heterocycles. The molecule has 2 rings (SSSR count). The number of ether oxygens (including phenoxy) is 1. The third-order valence-corrected chi connectivity index (χ3v) is 2.93. The van der Waals surface area contributed by atoms with Crippen molar-refractivity contribution in [2.45, 2.75) is 12.8 Å². The first kappa shape index (κ1) is 12.2. The van der Waals surface area contributed by atoms with Crippen molar-refractivity contribution in [1.82, 2.24) is 0 Å². The van der Waals surface area contributed by atoms with E-state index in [0.29, 0.717) is 23.9 Å². The summed E-state index contributed by atoms with van der Waals surface area (Å²) in [5.74, 6) is 0.679. The molecule has 0 spiro atoms. The Balaban J connectivity index is 2.20. The zero-order valence-corrected chi connectivity index (χ0v) is 10.2. The fourth-order valence-electron chi connectivity index (χ4n) is 1.83. The van der Waals surface area contributed by atoms with E-state index in [1.54, 1.807) is 23.1 Å². The van der Waals surface area contributed by atoms with Gasteiger partial charge in [0.2, 0.25) is 0 Å². The Morgan fingerprint density at radius 2 is 2.24 bits per heavy atom. The highest BCUT2D eigenvalue weighted by atomic mass is 35.5. The lowest BCUT2D eigenvalue weighted by atomic mass is 10.2. The Morgan fingerprint density at radius 3 is 3.00 bits per heavy atom. The van der Waals surface area contributed by atoms with Gasteiger partial charge in [0.15, 0.2) is 6.61 Å². The van der Waals surface area contributed by atoms with Crippen LogP contribution in [0.15, 0.2) is 18.2 Å². The van der Waals surface area contributed by atoms with Crippen molar-refractivity contribution in [3.63, 3.8) is 0 Å². The van der Waals surface area contributed by atoms with E-state index < -0.39 is 0 Å². The molecule has 0 bridgehead atoms. The lowest BCUT2D eigenvalue weighted by Crippen LogP contribution is -2.39. The number of carbonyl (C=O) groups is 1. The van der Waals surface area contributed by atoms with Gasteiger partial charge in [0.25, 0.3) is 5.91 Å². The number of nitrogens with zero attached hydrogens (tertiary/aromatic N) is 1. The van der Waals surface area contributed by atoms with Crippen molar-refractivity contribution in [2.24, 2.45) is 5.73 Å². The molecule has 92 valence electrons. The number of carbonyl (C=O) groups excluding carboxylic acids is 1. The van der Waals surface area contributed by atoms with Gasteiger partial charge < -0.3 is 15.4 Å². The average molecular weight is 255 g/mol. The number of hydrogen-bond donors (Lipinski definition) is 1. The quantitative estimate of drug-likeness (QED) is 0.834. The summed E-state index contributed by atoms with van der Waals surface area (Å²) < 4.78 is 5.35. The van der Waals surface area contributed by atoms with Crippen LogP contribution in [0.2, 0.25) is 5.02 Å². The van der Waals surface area contributed by atoms with E-state index in [1.807, 2.05) is 0 Å².